The van der Waals surface area contributed by atoms with E-state index in [4.69, 9.17) is 18.9 Å². The first kappa shape index (κ1) is 32.6. The molecular weight excluding hydrogens is 552 g/mol. The predicted molar refractivity (Wildman–Crippen MR) is 159 cm³/mol. The normalized spacial score (nSPS) is 53.5. The van der Waals surface area contributed by atoms with Gasteiger partial charge in [0.2, 0.25) is 0 Å². The maximum Gasteiger partial charge on any atom is 0.186 e. The van der Waals surface area contributed by atoms with E-state index in [0.717, 1.165) is 30.1 Å². The first-order valence-corrected chi connectivity index (χ1v) is 17.3. The highest BCUT2D eigenvalue weighted by Gasteiger charge is 2.68. The molecule has 3 unspecified atom stereocenters. The number of hydrogen-bond donors (Lipinski definition) is 5. The van der Waals surface area contributed by atoms with Crippen molar-refractivity contribution in [1.82, 2.24) is 0 Å². The number of methoxy groups -OCH3 is 1. The Morgan fingerprint density at radius 1 is 0.907 bits per heavy atom. The van der Waals surface area contributed by atoms with E-state index in [1.54, 1.807) is 7.11 Å². The zero-order valence-electron chi connectivity index (χ0n) is 26.8. The third-order valence-electron chi connectivity index (χ3n) is 14.1. The van der Waals surface area contributed by atoms with E-state index in [1.807, 2.05) is 0 Å². The van der Waals surface area contributed by atoms with Gasteiger partial charge in [0, 0.05) is 32.0 Å². The quantitative estimate of drug-likeness (QED) is 0.266. The Morgan fingerprint density at radius 2 is 1.70 bits per heavy atom. The highest BCUT2D eigenvalue weighted by molar-refractivity contribution is 5.15. The van der Waals surface area contributed by atoms with Crippen molar-refractivity contribution in [3.05, 3.63) is 0 Å². The first-order chi connectivity index (χ1) is 20.5. The van der Waals surface area contributed by atoms with Gasteiger partial charge in [-0.2, -0.15) is 0 Å². The van der Waals surface area contributed by atoms with Crippen molar-refractivity contribution in [2.45, 2.75) is 134 Å². The van der Waals surface area contributed by atoms with Gasteiger partial charge in [0.25, 0.3) is 0 Å². The van der Waals surface area contributed by atoms with Crippen molar-refractivity contribution in [3.8, 4) is 0 Å². The van der Waals surface area contributed by atoms with Crippen LogP contribution < -0.4 is 0 Å². The number of rotatable bonds is 9. The molecule has 0 aromatic rings. The fraction of sp³-hybridized carbons (Fsp3) is 1.00. The molecule has 4 saturated carbocycles. The molecular formula is C34H58O9. The van der Waals surface area contributed by atoms with Gasteiger partial charge in [0.05, 0.1) is 19.3 Å². The maximum atomic E-state index is 10.3. The van der Waals surface area contributed by atoms with Crippen LogP contribution in [0.15, 0.2) is 0 Å². The molecule has 0 bridgehead atoms. The summed E-state index contributed by atoms with van der Waals surface area (Å²) in [5.41, 5.74) is 0.784. The van der Waals surface area contributed by atoms with Gasteiger partial charge in [0.1, 0.15) is 24.4 Å². The van der Waals surface area contributed by atoms with Crippen LogP contribution in [0.5, 0.6) is 0 Å². The van der Waals surface area contributed by atoms with Crippen molar-refractivity contribution in [3.63, 3.8) is 0 Å². The monoisotopic (exact) mass is 610 g/mol. The number of fused-ring (bicyclic) bond motifs is 7. The molecule has 2 saturated heterocycles. The van der Waals surface area contributed by atoms with Gasteiger partial charge in [-0.3, -0.25) is 0 Å². The molecule has 43 heavy (non-hydrogen) atoms. The van der Waals surface area contributed by atoms with E-state index >= 15 is 0 Å². The van der Waals surface area contributed by atoms with Crippen molar-refractivity contribution in [2.24, 2.45) is 52.3 Å². The summed E-state index contributed by atoms with van der Waals surface area (Å²) >= 11 is 0. The van der Waals surface area contributed by atoms with E-state index in [9.17, 15) is 25.5 Å². The van der Waals surface area contributed by atoms with E-state index in [-0.39, 0.29) is 36.6 Å². The molecule has 4 aliphatic carbocycles. The summed E-state index contributed by atoms with van der Waals surface area (Å²) in [5, 5.41) is 50.1. The highest BCUT2D eigenvalue weighted by atomic mass is 16.7. The van der Waals surface area contributed by atoms with Crippen LogP contribution in [0, 0.1) is 52.3 Å². The summed E-state index contributed by atoms with van der Waals surface area (Å²) in [6.45, 7) is 6.96. The lowest BCUT2D eigenvalue weighted by molar-refractivity contribution is -0.304. The minimum Gasteiger partial charge on any atom is -0.396 e. The van der Waals surface area contributed by atoms with E-state index in [1.165, 1.54) is 51.4 Å². The minimum atomic E-state index is -1.49. The molecule has 0 amide bonds. The number of hydrogen-bond acceptors (Lipinski definition) is 9. The summed E-state index contributed by atoms with van der Waals surface area (Å²) in [7, 11) is 1.75. The second-order valence-corrected chi connectivity index (χ2v) is 15.8. The lowest BCUT2D eigenvalue weighted by atomic mass is 9.44. The molecule has 6 fully saturated rings. The van der Waals surface area contributed by atoms with Crippen molar-refractivity contribution < 1.29 is 44.5 Å². The number of aliphatic hydroxyl groups is 5. The fourth-order valence-electron chi connectivity index (χ4n) is 11.7. The van der Waals surface area contributed by atoms with E-state index in [2.05, 4.69) is 20.8 Å². The molecule has 9 nitrogen and oxygen atoms in total. The van der Waals surface area contributed by atoms with Gasteiger partial charge in [-0.15, -0.1) is 0 Å². The van der Waals surface area contributed by atoms with Crippen LogP contribution in [0.4, 0.5) is 0 Å². The Bertz CT molecular complexity index is 964. The van der Waals surface area contributed by atoms with Crippen LogP contribution in [0.1, 0.15) is 91.4 Å². The van der Waals surface area contributed by atoms with Crippen LogP contribution in [-0.4, -0.2) is 95.1 Å². The second-order valence-electron chi connectivity index (χ2n) is 15.8. The van der Waals surface area contributed by atoms with Gasteiger partial charge >= 0.3 is 0 Å². The van der Waals surface area contributed by atoms with Gasteiger partial charge in [-0.1, -0.05) is 33.6 Å². The van der Waals surface area contributed by atoms with Crippen LogP contribution in [0.3, 0.4) is 0 Å². The summed E-state index contributed by atoms with van der Waals surface area (Å²) < 4.78 is 24.4. The lowest BCUT2D eigenvalue weighted by Gasteiger charge is -2.60. The molecule has 248 valence electrons. The second kappa shape index (κ2) is 12.3. The van der Waals surface area contributed by atoms with Crippen LogP contribution in [-0.2, 0) is 18.9 Å². The number of aliphatic hydroxyl groups excluding tert-OH is 5. The summed E-state index contributed by atoms with van der Waals surface area (Å²) in [5.74, 6) is 3.01. The summed E-state index contributed by atoms with van der Waals surface area (Å²) in [6.07, 6.45) is 7.02. The average molecular weight is 611 g/mol. The van der Waals surface area contributed by atoms with Gasteiger partial charge in [0.15, 0.2) is 12.1 Å². The molecule has 16 atom stereocenters. The molecule has 0 aromatic heterocycles. The van der Waals surface area contributed by atoms with Crippen LogP contribution >= 0.6 is 0 Å². The van der Waals surface area contributed by atoms with Crippen molar-refractivity contribution in [1.29, 1.82) is 0 Å². The van der Waals surface area contributed by atoms with E-state index in [0.29, 0.717) is 24.2 Å². The van der Waals surface area contributed by atoms with Gasteiger partial charge in [-0.05, 0) is 91.8 Å². The third-order valence-corrected chi connectivity index (χ3v) is 14.1. The first-order valence-electron chi connectivity index (χ1n) is 17.3. The average Bonchev–Trinajstić information content (AvgIpc) is 3.46. The zero-order valence-corrected chi connectivity index (χ0v) is 26.8. The zero-order chi connectivity index (χ0) is 30.7. The highest BCUT2D eigenvalue weighted by Crippen LogP contribution is 2.71. The SMILES string of the molecule is CO[C@]1(CCC(CO)COC2O[C@H](CO)[C@@H](O)[C@H](O)[C@H]2O)O[C@H]2C[C@H]3[C@@H]4CCC5CCCC[C@]5(C)[C@H]4CC[C@]3(C)[C@H]2[C@@H]1C. The molecule has 2 heterocycles. The Balaban J connectivity index is 1.09. The minimum absolute atomic E-state index is 0.0862. The summed E-state index contributed by atoms with van der Waals surface area (Å²) in [4.78, 5) is 0. The maximum absolute atomic E-state index is 10.3. The van der Waals surface area contributed by atoms with Gasteiger partial charge in [-0.25, -0.2) is 0 Å². The molecule has 0 aromatic carbocycles. The Hall–Kier alpha value is -0.360. The largest absolute Gasteiger partial charge is 0.396 e. The summed E-state index contributed by atoms with van der Waals surface area (Å²) in [6, 6.07) is 0. The topological polar surface area (TPSA) is 138 Å². The fourth-order valence-corrected chi connectivity index (χ4v) is 11.7. The third kappa shape index (κ3) is 5.25. The standard InChI is InChI=1S/C34H58O9/c1-19-27-25(15-24-22-9-8-21-7-5-6-12-32(21,2)23(22)11-13-33(24,27)3)43-34(19,40-4)14-10-20(16-35)18-41-31-30(39)29(38)28(37)26(17-36)42-31/h19-31,35-39H,5-18H2,1-4H3/t19-,20?,21?,22+,23-,24-,25-,26+,27-,28+,29-,30+,31?,32-,33-,34+/m0/s1. The molecule has 5 N–H and O–H groups in total. The Labute approximate surface area is 257 Å². The lowest BCUT2D eigenvalue weighted by Crippen LogP contribution is -2.59. The molecule has 2 aliphatic heterocycles. The number of ether oxygens (including phenoxy) is 4. The Morgan fingerprint density at radius 3 is 2.42 bits per heavy atom. The van der Waals surface area contributed by atoms with Crippen LogP contribution in [0.25, 0.3) is 0 Å². The van der Waals surface area contributed by atoms with E-state index < -0.39 is 43.1 Å². The molecule has 6 aliphatic rings. The molecule has 0 radical (unpaired) electrons. The smallest absolute Gasteiger partial charge is 0.186 e. The predicted octanol–water partition coefficient (Wildman–Crippen LogP) is 3.23. The molecule has 0 spiro atoms. The Kier molecular flexibility index (Phi) is 9.35. The molecule has 6 rings (SSSR count). The van der Waals surface area contributed by atoms with Gasteiger partial charge < -0.3 is 44.5 Å². The molecule has 9 heteroatoms. The van der Waals surface area contributed by atoms with Crippen molar-refractivity contribution in [2.75, 3.05) is 26.9 Å². The van der Waals surface area contributed by atoms with Crippen molar-refractivity contribution >= 4 is 0 Å². The van der Waals surface area contributed by atoms with Crippen LogP contribution in [0.2, 0.25) is 0 Å².